The fraction of sp³-hybridized carbons (Fsp3) is 0.176. The minimum absolute atomic E-state index is 0.0734. The van der Waals surface area contributed by atoms with Crippen LogP contribution in [0.25, 0.3) is 0 Å². The molecule has 0 radical (unpaired) electrons. The van der Waals surface area contributed by atoms with Gasteiger partial charge in [-0.05, 0) is 30.7 Å². The van der Waals surface area contributed by atoms with Crippen LogP contribution in [-0.4, -0.2) is 15.9 Å². The highest BCUT2D eigenvalue weighted by Crippen LogP contribution is 2.30. The molecule has 0 aliphatic rings. The van der Waals surface area contributed by atoms with E-state index in [4.69, 9.17) is 23.2 Å². The Morgan fingerprint density at radius 1 is 1.32 bits per heavy atom. The van der Waals surface area contributed by atoms with Gasteiger partial charge in [-0.2, -0.15) is 0 Å². The van der Waals surface area contributed by atoms with Crippen LogP contribution in [-0.2, 0) is 16.8 Å². The fourth-order valence-corrected chi connectivity index (χ4v) is 2.45. The van der Waals surface area contributed by atoms with Crippen molar-refractivity contribution in [2.24, 2.45) is 0 Å². The third-order valence-electron chi connectivity index (χ3n) is 3.18. The Kier molecular flexibility index (Phi) is 6.75. The molecule has 0 aliphatic carbocycles. The average Bonchev–Trinajstić information content (AvgIpc) is 2.52. The number of aromatic nitrogens is 1. The maximum atomic E-state index is 11.9. The molecular weight excluding hydrogens is 321 g/mol. The van der Waals surface area contributed by atoms with Crippen molar-refractivity contribution in [2.45, 2.75) is 18.9 Å². The zero-order valence-corrected chi connectivity index (χ0v) is 13.7. The lowest BCUT2D eigenvalue weighted by atomic mass is 9.85. The van der Waals surface area contributed by atoms with E-state index in [1.807, 2.05) is 0 Å². The van der Waals surface area contributed by atoms with Crippen LogP contribution in [0, 0.1) is 0 Å². The molecule has 1 N–H and O–H groups in total. The number of pyridine rings is 1. The Hall–Kier alpha value is -1.68. The van der Waals surface area contributed by atoms with Gasteiger partial charge in [-0.1, -0.05) is 35.3 Å². The van der Waals surface area contributed by atoms with Crippen molar-refractivity contribution < 1.29 is 9.90 Å². The molecule has 0 bridgehead atoms. The maximum Gasteiger partial charge on any atom is 0.166 e. The van der Waals surface area contributed by atoms with Gasteiger partial charge in [0.1, 0.15) is 0 Å². The Bertz CT molecular complexity index is 646. The van der Waals surface area contributed by atoms with Crippen LogP contribution in [0.15, 0.2) is 55.9 Å². The summed E-state index contributed by atoms with van der Waals surface area (Å²) >= 11 is 11.9. The van der Waals surface area contributed by atoms with E-state index in [9.17, 15) is 9.90 Å². The topological polar surface area (TPSA) is 50.2 Å². The van der Waals surface area contributed by atoms with E-state index < -0.39 is 5.60 Å². The Balaban J connectivity index is 0.00000116. The summed E-state index contributed by atoms with van der Waals surface area (Å²) in [6.07, 6.45) is 3.13. The van der Waals surface area contributed by atoms with Crippen LogP contribution in [0.5, 0.6) is 0 Å². The van der Waals surface area contributed by atoms with E-state index in [1.54, 1.807) is 36.5 Å². The molecule has 1 atom stereocenters. The van der Waals surface area contributed by atoms with Crippen molar-refractivity contribution in [1.29, 1.82) is 0 Å². The summed E-state index contributed by atoms with van der Waals surface area (Å²) in [5, 5.41) is 11.6. The van der Waals surface area contributed by atoms with Crippen LogP contribution in [0.1, 0.15) is 18.1 Å². The number of ketones is 1. The van der Waals surface area contributed by atoms with E-state index in [0.29, 0.717) is 21.2 Å². The van der Waals surface area contributed by atoms with E-state index in [-0.39, 0.29) is 12.2 Å². The second kappa shape index (κ2) is 8.08. The summed E-state index contributed by atoms with van der Waals surface area (Å²) in [5.41, 5.74) is -0.553. The SMILES string of the molecule is C=C.CC(=O)C(O)(Cc1ccc(Cl)cc1Cl)c1cccnc1. The summed E-state index contributed by atoms with van der Waals surface area (Å²) in [6.45, 7) is 7.34. The monoisotopic (exact) mass is 337 g/mol. The zero-order valence-electron chi connectivity index (χ0n) is 12.2. The van der Waals surface area contributed by atoms with E-state index in [2.05, 4.69) is 18.1 Å². The Labute approximate surface area is 140 Å². The molecule has 22 heavy (non-hydrogen) atoms. The summed E-state index contributed by atoms with van der Waals surface area (Å²) in [7, 11) is 0. The van der Waals surface area contributed by atoms with Crippen molar-refractivity contribution in [3.8, 4) is 0 Å². The van der Waals surface area contributed by atoms with Crippen LogP contribution in [0.3, 0.4) is 0 Å². The largest absolute Gasteiger partial charge is 0.377 e. The number of benzene rings is 1. The predicted molar refractivity (Wildman–Crippen MR) is 90.2 cm³/mol. The average molecular weight is 338 g/mol. The van der Waals surface area contributed by atoms with Gasteiger partial charge in [0.25, 0.3) is 0 Å². The van der Waals surface area contributed by atoms with Crippen molar-refractivity contribution in [3.63, 3.8) is 0 Å². The number of rotatable bonds is 4. The molecule has 0 amide bonds. The molecule has 5 heteroatoms. The highest BCUT2D eigenvalue weighted by molar-refractivity contribution is 6.35. The van der Waals surface area contributed by atoms with Crippen molar-refractivity contribution in [2.75, 3.05) is 0 Å². The minimum atomic E-state index is -1.65. The summed E-state index contributed by atoms with van der Waals surface area (Å²) in [5.74, 6) is -0.364. The molecule has 0 saturated carbocycles. The molecule has 2 rings (SSSR count). The van der Waals surface area contributed by atoms with Gasteiger partial charge in [0.05, 0.1) is 0 Å². The number of hydrogen-bond acceptors (Lipinski definition) is 3. The van der Waals surface area contributed by atoms with Gasteiger partial charge in [-0.15, -0.1) is 13.2 Å². The lowest BCUT2D eigenvalue weighted by Crippen LogP contribution is -2.36. The predicted octanol–water partition coefficient (Wildman–Crippen LogP) is 4.21. The molecule has 1 heterocycles. The maximum absolute atomic E-state index is 11.9. The highest BCUT2D eigenvalue weighted by atomic mass is 35.5. The van der Waals surface area contributed by atoms with Gasteiger partial charge in [0.15, 0.2) is 11.4 Å². The molecule has 2 aromatic rings. The fourth-order valence-electron chi connectivity index (χ4n) is 1.98. The summed E-state index contributed by atoms with van der Waals surface area (Å²) in [4.78, 5) is 15.8. The third-order valence-corrected chi connectivity index (χ3v) is 3.77. The molecule has 116 valence electrons. The smallest absolute Gasteiger partial charge is 0.166 e. The molecular formula is C17H17Cl2NO2. The first-order valence-corrected chi connectivity index (χ1v) is 7.27. The van der Waals surface area contributed by atoms with Gasteiger partial charge in [0, 0.05) is 34.4 Å². The number of carbonyl (C=O) groups is 1. The molecule has 1 aromatic heterocycles. The van der Waals surface area contributed by atoms with Gasteiger partial charge >= 0.3 is 0 Å². The molecule has 0 saturated heterocycles. The number of halogens is 2. The van der Waals surface area contributed by atoms with E-state index in [0.717, 1.165) is 0 Å². The molecule has 0 fully saturated rings. The van der Waals surface area contributed by atoms with Crippen LogP contribution in [0.4, 0.5) is 0 Å². The zero-order chi connectivity index (χ0) is 16.8. The minimum Gasteiger partial charge on any atom is -0.377 e. The van der Waals surface area contributed by atoms with Crippen molar-refractivity contribution in [1.82, 2.24) is 4.98 Å². The van der Waals surface area contributed by atoms with Crippen LogP contribution < -0.4 is 0 Å². The lowest BCUT2D eigenvalue weighted by Gasteiger charge is -2.26. The summed E-state index contributed by atoms with van der Waals surface area (Å²) < 4.78 is 0. The van der Waals surface area contributed by atoms with Gasteiger partial charge in [-0.3, -0.25) is 9.78 Å². The van der Waals surface area contributed by atoms with Gasteiger partial charge < -0.3 is 5.11 Å². The van der Waals surface area contributed by atoms with E-state index in [1.165, 1.54) is 13.1 Å². The standard InChI is InChI=1S/C15H13Cl2NO2.C2H4/c1-10(19)15(20,12-3-2-6-18-9-12)8-11-4-5-13(16)7-14(11)17;1-2/h2-7,9,20H,8H2,1H3;1-2H2. The number of aliphatic hydroxyl groups is 1. The number of Topliss-reactive ketones (excluding diaryl/α,β-unsaturated/α-hetero) is 1. The number of hydrogen-bond donors (Lipinski definition) is 1. The number of carbonyl (C=O) groups excluding carboxylic acids is 1. The Morgan fingerprint density at radius 2 is 2.00 bits per heavy atom. The number of nitrogens with zero attached hydrogens (tertiary/aromatic N) is 1. The molecule has 3 nitrogen and oxygen atoms in total. The van der Waals surface area contributed by atoms with Crippen molar-refractivity contribution >= 4 is 29.0 Å². The first-order chi connectivity index (χ1) is 10.4. The third kappa shape index (κ3) is 4.17. The Morgan fingerprint density at radius 3 is 2.50 bits per heavy atom. The van der Waals surface area contributed by atoms with E-state index >= 15 is 0 Å². The first kappa shape index (κ1) is 18.4. The second-order valence-electron chi connectivity index (χ2n) is 4.57. The molecule has 0 aliphatic heterocycles. The normalized spacial score (nSPS) is 12.7. The lowest BCUT2D eigenvalue weighted by molar-refractivity contribution is -0.136. The van der Waals surface area contributed by atoms with Crippen molar-refractivity contribution in [3.05, 3.63) is 77.1 Å². The van der Waals surface area contributed by atoms with Gasteiger partial charge in [-0.25, -0.2) is 0 Å². The molecule has 1 unspecified atom stereocenters. The highest BCUT2D eigenvalue weighted by Gasteiger charge is 2.35. The van der Waals surface area contributed by atoms with Crippen LogP contribution in [0.2, 0.25) is 10.0 Å². The quantitative estimate of drug-likeness (QED) is 0.850. The molecule has 1 aromatic carbocycles. The molecule has 0 spiro atoms. The van der Waals surface area contributed by atoms with Crippen LogP contribution >= 0.6 is 23.2 Å². The summed E-state index contributed by atoms with van der Waals surface area (Å²) in [6, 6.07) is 8.30. The second-order valence-corrected chi connectivity index (χ2v) is 5.41. The first-order valence-electron chi connectivity index (χ1n) is 6.51. The van der Waals surface area contributed by atoms with Gasteiger partial charge in [0.2, 0.25) is 0 Å².